The summed E-state index contributed by atoms with van der Waals surface area (Å²) < 4.78 is 44.9. The van der Waals surface area contributed by atoms with Crippen molar-refractivity contribution in [3.8, 4) is 5.75 Å². The van der Waals surface area contributed by atoms with Crippen LogP contribution in [0.4, 0.5) is 23.7 Å². The number of ether oxygens (including phenoxy) is 1. The predicted octanol–water partition coefficient (Wildman–Crippen LogP) is 4.00. The highest BCUT2D eigenvalue weighted by Gasteiger charge is 2.35. The Morgan fingerprint density at radius 3 is 2.57 bits per heavy atom. The first kappa shape index (κ1) is 17.5. The number of urea groups is 1. The van der Waals surface area contributed by atoms with Gasteiger partial charge in [-0.25, -0.2) is 9.10 Å². The van der Waals surface area contributed by atoms with Gasteiger partial charge in [0.05, 0.1) is 17.9 Å². The third-order valence-electron chi connectivity index (χ3n) is 2.73. The fourth-order valence-corrected chi connectivity index (χ4v) is 1.78. The molecule has 4 nitrogen and oxygen atoms in total. The van der Waals surface area contributed by atoms with E-state index < -0.39 is 17.8 Å². The third kappa shape index (κ3) is 5.04. The molecule has 0 saturated heterocycles. The Bertz CT molecular complexity index is 495. The average molecular weight is 322 g/mol. The average Bonchev–Trinajstić information content (AvgIpc) is 2.41. The number of benzene rings is 1. The molecule has 0 aliphatic carbocycles. The Kier molecular flexibility index (Phi) is 6.19. The summed E-state index contributed by atoms with van der Waals surface area (Å²) in [4.78, 5) is 10.9. The Morgan fingerprint density at radius 2 is 2.05 bits per heavy atom. The van der Waals surface area contributed by atoms with Crippen molar-refractivity contribution >= 4 is 24.5 Å². The molecule has 0 fully saturated rings. The zero-order chi connectivity index (χ0) is 16.0. The van der Waals surface area contributed by atoms with Gasteiger partial charge in [0.15, 0.2) is 0 Å². The number of unbranched alkanes of at least 4 members (excludes halogenated alkanes) is 2. The molecule has 1 aromatic carbocycles. The van der Waals surface area contributed by atoms with E-state index in [2.05, 4.69) is 12.8 Å². The number of carbonyl (C=O) groups is 1. The summed E-state index contributed by atoms with van der Waals surface area (Å²) in [6.07, 6.45) is -2.09. The summed E-state index contributed by atoms with van der Waals surface area (Å²) in [6.45, 7) is 2.19. The standard InChI is InChI=1S/C13H17F3N2O2S/c1-2-3-4-7-20-11-6-5-9(18(21)12(17)19)8-10(11)13(14,15)16/h5-6,8,21H,2-4,7H2,1H3,(H2,17,19). The van der Waals surface area contributed by atoms with Gasteiger partial charge in [0.1, 0.15) is 5.75 Å². The van der Waals surface area contributed by atoms with E-state index >= 15 is 0 Å². The number of halogens is 3. The Balaban J connectivity index is 3.00. The van der Waals surface area contributed by atoms with E-state index in [0.717, 1.165) is 25.0 Å². The molecule has 0 spiro atoms. The maximum absolute atomic E-state index is 13.0. The van der Waals surface area contributed by atoms with Crippen LogP contribution < -0.4 is 14.8 Å². The van der Waals surface area contributed by atoms with Crippen LogP contribution >= 0.6 is 12.8 Å². The van der Waals surface area contributed by atoms with E-state index in [1.54, 1.807) is 0 Å². The summed E-state index contributed by atoms with van der Waals surface area (Å²) in [7, 11) is 0. The lowest BCUT2D eigenvalue weighted by atomic mass is 10.1. The van der Waals surface area contributed by atoms with Crippen LogP contribution in [0.1, 0.15) is 31.7 Å². The second kappa shape index (κ2) is 7.44. The number of alkyl halides is 3. The normalized spacial score (nSPS) is 11.3. The van der Waals surface area contributed by atoms with Crippen LogP contribution in [0.2, 0.25) is 0 Å². The van der Waals surface area contributed by atoms with Crippen molar-refractivity contribution in [1.82, 2.24) is 0 Å². The Labute approximate surface area is 126 Å². The number of carbonyl (C=O) groups excluding carboxylic acids is 1. The van der Waals surface area contributed by atoms with E-state index in [-0.39, 0.29) is 18.0 Å². The minimum absolute atomic E-state index is 0.0703. The zero-order valence-electron chi connectivity index (χ0n) is 11.5. The highest BCUT2D eigenvalue weighted by molar-refractivity contribution is 7.82. The van der Waals surface area contributed by atoms with Gasteiger partial charge in [0.2, 0.25) is 0 Å². The SMILES string of the molecule is CCCCCOc1ccc(N(S)C(N)=O)cc1C(F)(F)F. The van der Waals surface area contributed by atoms with E-state index in [4.69, 9.17) is 10.5 Å². The quantitative estimate of drug-likeness (QED) is 0.614. The third-order valence-corrected chi connectivity index (χ3v) is 3.16. The molecule has 8 heteroatoms. The molecule has 2 amide bonds. The minimum atomic E-state index is -4.59. The van der Waals surface area contributed by atoms with E-state index in [1.807, 2.05) is 6.92 Å². The van der Waals surface area contributed by atoms with Crippen molar-refractivity contribution in [1.29, 1.82) is 0 Å². The van der Waals surface area contributed by atoms with Crippen molar-refractivity contribution in [3.63, 3.8) is 0 Å². The highest BCUT2D eigenvalue weighted by Crippen LogP contribution is 2.39. The number of nitrogens with two attached hydrogens (primary N) is 1. The number of anilines is 1. The first-order chi connectivity index (χ1) is 9.77. The van der Waals surface area contributed by atoms with E-state index in [9.17, 15) is 18.0 Å². The largest absolute Gasteiger partial charge is 0.493 e. The van der Waals surface area contributed by atoms with Gasteiger partial charge in [0.25, 0.3) is 0 Å². The molecule has 0 aliphatic rings. The second-order valence-electron chi connectivity index (χ2n) is 4.38. The highest BCUT2D eigenvalue weighted by atomic mass is 32.1. The van der Waals surface area contributed by atoms with Gasteiger partial charge in [-0.15, -0.1) is 0 Å². The molecular weight excluding hydrogens is 305 g/mol. The first-order valence-electron chi connectivity index (χ1n) is 6.39. The van der Waals surface area contributed by atoms with Gasteiger partial charge >= 0.3 is 12.2 Å². The molecule has 1 rings (SSSR count). The molecule has 2 N–H and O–H groups in total. The van der Waals surface area contributed by atoms with Gasteiger partial charge in [-0.05, 0) is 24.6 Å². The molecule has 0 saturated carbocycles. The van der Waals surface area contributed by atoms with Gasteiger partial charge < -0.3 is 10.5 Å². The molecule has 0 bridgehead atoms. The van der Waals surface area contributed by atoms with Gasteiger partial charge in [-0.2, -0.15) is 13.2 Å². The number of hydrogen-bond donors (Lipinski definition) is 2. The number of nitrogens with zero attached hydrogens (tertiary/aromatic N) is 1. The summed E-state index contributed by atoms with van der Waals surface area (Å²) in [5.74, 6) is -0.270. The van der Waals surface area contributed by atoms with Crippen LogP contribution in [0.25, 0.3) is 0 Å². The van der Waals surface area contributed by atoms with Crippen molar-refractivity contribution in [2.45, 2.75) is 32.4 Å². The Morgan fingerprint density at radius 1 is 1.38 bits per heavy atom. The second-order valence-corrected chi connectivity index (χ2v) is 4.78. The molecule has 0 aromatic heterocycles. The molecule has 0 aliphatic heterocycles. The van der Waals surface area contributed by atoms with Gasteiger partial charge in [-0.1, -0.05) is 32.6 Å². The monoisotopic (exact) mass is 322 g/mol. The van der Waals surface area contributed by atoms with Crippen LogP contribution in [-0.2, 0) is 6.18 Å². The van der Waals surface area contributed by atoms with Crippen LogP contribution in [0.5, 0.6) is 5.75 Å². The molecule has 0 radical (unpaired) electrons. The van der Waals surface area contributed by atoms with Crippen molar-refractivity contribution in [2.24, 2.45) is 5.73 Å². The summed E-state index contributed by atoms with van der Waals surface area (Å²) in [6, 6.07) is 2.27. The van der Waals surface area contributed by atoms with E-state index in [1.165, 1.54) is 6.07 Å². The lowest BCUT2D eigenvalue weighted by Gasteiger charge is -2.18. The van der Waals surface area contributed by atoms with Crippen LogP contribution in [0.15, 0.2) is 18.2 Å². The molecule has 0 atom stereocenters. The van der Waals surface area contributed by atoms with Crippen LogP contribution in [0.3, 0.4) is 0 Å². The fraction of sp³-hybridized carbons (Fsp3) is 0.462. The topological polar surface area (TPSA) is 55.6 Å². The lowest BCUT2D eigenvalue weighted by Crippen LogP contribution is -2.27. The number of primary amides is 1. The fourth-order valence-electron chi connectivity index (χ4n) is 1.66. The van der Waals surface area contributed by atoms with E-state index in [0.29, 0.717) is 10.7 Å². The number of hydrogen-bond acceptors (Lipinski definition) is 3. The van der Waals surface area contributed by atoms with Crippen molar-refractivity contribution in [2.75, 3.05) is 10.9 Å². The van der Waals surface area contributed by atoms with Crippen LogP contribution in [-0.4, -0.2) is 12.6 Å². The molecule has 0 heterocycles. The number of thiol groups is 1. The summed E-state index contributed by atoms with van der Waals surface area (Å²) in [5.41, 5.74) is 3.95. The molecule has 1 aromatic rings. The molecule has 118 valence electrons. The van der Waals surface area contributed by atoms with Crippen molar-refractivity contribution in [3.05, 3.63) is 23.8 Å². The Hall–Kier alpha value is -1.57. The predicted molar refractivity (Wildman–Crippen MR) is 77.5 cm³/mol. The maximum atomic E-state index is 13.0. The zero-order valence-corrected chi connectivity index (χ0v) is 12.4. The number of amides is 2. The smallest absolute Gasteiger partial charge is 0.420 e. The lowest BCUT2D eigenvalue weighted by molar-refractivity contribution is -0.138. The summed E-state index contributed by atoms with van der Waals surface area (Å²) >= 11 is 3.74. The van der Waals surface area contributed by atoms with Gasteiger partial charge in [-0.3, -0.25) is 0 Å². The van der Waals surface area contributed by atoms with Crippen molar-refractivity contribution < 1.29 is 22.7 Å². The molecular formula is C13H17F3N2O2S. The van der Waals surface area contributed by atoms with Crippen LogP contribution in [0, 0.1) is 0 Å². The first-order valence-corrected chi connectivity index (χ1v) is 6.79. The molecule has 21 heavy (non-hydrogen) atoms. The maximum Gasteiger partial charge on any atom is 0.420 e. The summed E-state index contributed by atoms with van der Waals surface area (Å²) in [5, 5.41) is 0. The molecule has 0 unspecified atom stereocenters. The van der Waals surface area contributed by atoms with Gasteiger partial charge in [0, 0.05) is 0 Å². The number of rotatable bonds is 6. The minimum Gasteiger partial charge on any atom is -0.493 e.